The normalized spacial score (nSPS) is 14.9. The van der Waals surface area contributed by atoms with Gasteiger partial charge in [0.05, 0.1) is 5.75 Å². The van der Waals surface area contributed by atoms with Crippen LogP contribution in [-0.2, 0) is 11.2 Å². The van der Waals surface area contributed by atoms with Crippen molar-refractivity contribution in [3.05, 3.63) is 51.8 Å². The summed E-state index contributed by atoms with van der Waals surface area (Å²) in [6.45, 7) is 4.03. The fourth-order valence-corrected chi connectivity index (χ4v) is 4.71. The van der Waals surface area contributed by atoms with Crippen molar-refractivity contribution in [2.45, 2.75) is 63.6 Å². The number of fused-ring (bicyclic) bond motifs is 1. The first kappa shape index (κ1) is 21.1. The minimum Gasteiger partial charge on any atom is -0.353 e. The van der Waals surface area contributed by atoms with E-state index in [1.807, 2.05) is 38.1 Å². The molecule has 3 aromatic rings. The molecular weight excluding hydrogens is 418 g/mol. The van der Waals surface area contributed by atoms with Gasteiger partial charge in [0.15, 0.2) is 0 Å². The first-order chi connectivity index (χ1) is 14.5. The first-order valence-electron chi connectivity index (χ1n) is 10.4. The van der Waals surface area contributed by atoms with Crippen molar-refractivity contribution in [3.8, 4) is 0 Å². The van der Waals surface area contributed by atoms with E-state index in [4.69, 9.17) is 11.6 Å². The monoisotopic (exact) mass is 443 g/mol. The Morgan fingerprint density at radius 1 is 1.17 bits per heavy atom. The number of carbonyl (C=O) groups is 1. The molecular formula is C22H26ClN5OS. The largest absolute Gasteiger partial charge is 0.353 e. The van der Waals surface area contributed by atoms with Gasteiger partial charge >= 0.3 is 0 Å². The van der Waals surface area contributed by atoms with E-state index in [1.54, 1.807) is 4.52 Å². The Morgan fingerprint density at radius 2 is 1.90 bits per heavy atom. The molecule has 0 atom stereocenters. The van der Waals surface area contributed by atoms with Gasteiger partial charge < -0.3 is 5.32 Å². The van der Waals surface area contributed by atoms with E-state index in [9.17, 15) is 4.79 Å². The van der Waals surface area contributed by atoms with Crippen molar-refractivity contribution < 1.29 is 4.79 Å². The zero-order valence-electron chi connectivity index (χ0n) is 17.3. The van der Waals surface area contributed by atoms with Crippen LogP contribution >= 0.6 is 23.4 Å². The minimum absolute atomic E-state index is 0.0510. The smallest absolute Gasteiger partial charge is 0.253 e. The molecule has 0 unspecified atom stereocenters. The van der Waals surface area contributed by atoms with Crippen LogP contribution < -0.4 is 5.32 Å². The van der Waals surface area contributed by atoms with Gasteiger partial charge in [-0.25, -0.2) is 9.50 Å². The van der Waals surface area contributed by atoms with Crippen LogP contribution in [0.2, 0.25) is 5.02 Å². The fraction of sp³-hybridized carbons (Fsp3) is 0.455. The van der Waals surface area contributed by atoms with Crippen LogP contribution in [0.3, 0.4) is 0 Å². The Bertz CT molecular complexity index is 1040. The van der Waals surface area contributed by atoms with Crippen molar-refractivity contribution in [1.29, 1.82) is 0 Å². The second kappa shape index (κ2) is 9.35. The Balaban J connectivity index is 1.46. The lowest BCUT2D eigenvalue weighted by molar-refractivity contribution is -0.119. The zero-order valence-corrected chi connectivity index (χ0v) is 18.9. The number of hydrogen-bond acceptors (Lipinski definition) is 5. The summed E-state index contributed by atoms with van der Waals surface area (Å²) >= 11 is 7.36. The van der Waals surface area contributed by atoms with Gasteiger partial charge in [-0.05, 0) is 49.9 Å². The van der Waals surface area contributed by atoms with Gasteiger partial charge in [0.25, 0.3) is 5.78 Å². The molecule has 1 fully saturated rings. The standard InChI is InChI=1S/C22H26ClN5OS/c1-14-19(12-16-8-10-17(23)11-9-16)15(2)28-21(24-14)26-22(27-28)30-13-20(29)25-18-6-4-3-5-7-18/h8-11,18H,3-7,12-13H2,1-2H3,(H,25,29). The summed E-state index contributed by atoms with van der Waals surface area (Å²) < 4.78 is 1.78. The zero-order chi connectivity index (χ0) is 21.1. The van der Waals surface area contributed by atoms with Crippen molar-refractivity contribution >= 4 is 35.0 Å². The van der Waals surface area contributed by atoms with E-state index in [1.165, 1.54) is 36.6 Å². The van der Waals surface area contributed by atoms with Crippen molar-refractivity contribution in [2.24, 2.45) is 0 Å². The highest BCUT2D eigenvalue weighted by molar-refractivity contribution is 7.99. The van der Waals surface area contributed by atoms with Gasteiger partial charge in [0.2, 0.25) is 11.1 Å². The van der Waals surface area contributed by atoms with E-state index in [-0.39, 0.29) is 5.91 Å². The number of aromatic nitrogens is 4. The van der Waals surface area contributed by atoms with E-state index < -0.39 is 0 Å². The third-order valence-electron chi connectivity index (χ3n) is 5.63. The molecule has 1 N–H and O–H groups in total. The highest BCUT2D eigenvalue weighted by Gasteiger charge is 2.18. The van der Waals surface area contributed by atoms with Crippen LogP contribution in [0.4, 0.5) is 0 Å². The number of rotatable bonds is 6. The Morgan fingerprint density at radius 3 is 2.63 bits per heavy atom. The second-order valence-electron chi connectivity index (χ2n) is 7.86. The molecule has 0 aliphatic heterocycles. The maximum Gasteiger partial charge on any atom is 0.253 e. The number of carbonyl (C=O) groups excluding carboxylic acids is 1. The molecule has 0 bridgehead atoms. The topological polar surface area (TPSA) is 72.2 Å². The third-order valence-corrected chi connectivity index (χ3v) is 6.72. The predicted molar refractivity (Wildman–Crippen MR) is 120 cm³/mol. The molecule has 0 saturated heterocycles. The van der Waals surface area contributed by atoms with Gasteiger partial charge in [-0.15, -0.1) is 5.10 Å². The molecule has 6 nitrogen and oxygen atoms in total. The highest BCUT2D eigenvalue weighted by Crippen LogP contribution is 2.22. The Labute approximate surface area is 185 Å². The number of aryl methyl sites for hydroxylation is 2. The molecule has 8 heteroatoms. The highest BCUT2D eigenvalue weighted by atomic mass is 35.5. The van der Waals surface area contributed by atoms with Gasteiger partial charge in [-0.1, -0.05) is 54.8 Å². The number of nitrogens with one attached hydrogen (secondary N) is 1. The minimum atomic E-state index is 0.0510. The van der Waals surface area contributed by atoms with Crippen LogP contribution in [-0.4, -0.2) is 37.3 Å². The maximum absolute atomic E-state index is 12.3. The van der Waals surface area contributed by atoms with E-state index in [0.717, 1.165) is 41.2 Å². The number of halogens is 1. The van der Waals surface area contributed by atoms with E-state index >= 15 is 0 Å². The molecule has 4 rings (SSSR count). The van der Waals surface area contributed by atoms with Crippen molar-refractivity contribution in [3.63, 3.8) is 0 Å². The molecule has 2 aromatic heterocycles. The molecule has 1 aliphatic rings. The van der Waals surface area contributed by atoms with Gasteiger partial charge in [0, 0.05) is 28.9 Å². The van der Waals surface area contributed by atoms with Crippen LogP contribution in [0, 0.1) is 13.8 Å². The molecule has 0 spiro atoms. The van der Waals surface area contributed by atoms with Gasteiger partial charge in [0.1, 0.15) is 0 Å². The average Bonchev–Trinajstić information content (AvgIpc) is 3.15. The molecule has 30 heavy (non-hydrogen) atoms. The van der Waals surface area contributed by atoms with Gasteiger partial charge in [-0.3, -0.25) is 4.79 Å². The molecule has 2 heterocycles. The summed E-state index contributed by atoms with van der Waals surface area (Å²) in [5.41, 5.74) is 4.24. The number of nitrogens with zero attached hydrogens (tertiary/aromatic N) is 4. The van der Waals surface area contributed by atoms with Crippen molar-refractivity contribution in [1.82, 2.24) is 24.9 Å². The number of benzene rings is 1. The van der Waals surface area contributed by atoms with Crippen LogP contribution in [0.5, 0.6) is 0 Å². The molecule has 1 aromatic carbocycles. The number of thioether (sulfide) groups is 1. The Hall–Kier alpha value is -2.12. The third kappa shape index (κ3) is 4.95. The first-order valence-corrected chi connectivity index (χ1v) is 11.8. The summed E-state index contributed by atoms with van der Waals surface area (Å²) in [4.78, 5) is 21.4. The molecule has 1 amide bonds. The summed E-state index contributed by atoms with van der Waals surface area (Å²) in [5, 5.41) is 9.03. The van der Waals surface area contributed by atoms with Crippen LogP contribution in [0.1, 0.15) is 54.6 Å². The van der Waals surface area contributed by atoms with Crippen LogP contribution in [0.15, 0.2) is 29.4 Å². The summed E-state index contributed by atoms with van der Waals surface area (Å²) in [7, 11) is 0. The summed E-state index contributed by atoms with van der Waals surface area (Å²) in [6.07, 6.45) is 6.61. The Kier molecular flexibility index (Phi) is 6.58. The lowest BCUT2D eigenvalue weighted by Gasteiger charge is -2.22. The lowest BCUT2D eigenvalue weighted by Crippen LogP contribution is -2.37. The maximum atomic E-state index is 12.3. The average molecular weight is 444 g/mol. The number of hydrogen-bond donors (Lipinski definition) is 1. The van der Waals surface area contributed by atoms with E-state index in [0.29, 0.717) is 22.7 Å². The SMILES string of the molecule is Cc1nc2nc(SCC(=O)NC3CCCCC3)nn2c(C)c1Cc1ccc(Cl)cc1. The second-order valence-corrected chi connectivity index (χ2v) is 9.24. The summed E-state index contributed by atoms with van der Waals surface area (Å²) in [6, 6.07) is 8.17. The molecule has 0 radical (unpaired) electrons. The summed E-state index contributed by atoms with van der Waals surface area (Å²) in [5.74, 6) is 0.943. The van der Waals surface area contributed by atoms with Crippen LogP contribution in [0.25, 0.3) is 5.78 Å². The van der Waals surface area contributed by atoms with E-state index in [2.05, 4.69) is 20.4 Å². The predicted octanol–water partition coefficient (Wildman–Crippen LogP) is 4.53. The fourth-order valence-electron chi connectivity index (χ4n) is 3.96. The van der Waals surface area contributed by atoms with Crippen molar-refractivity contribution in [2.75, 3.05) is 5.75 Å². The molecule has 1 saturated carbocycles. The quantitative estimate of drug-likeness (QED) is 0.567. The molecule has 1 aliphatic carbocycles. The molecule has 158 valence electrons. The number of amides is 1. The van der Waals surface area contributed by atoms with Gasteiger partial charge in [-0.2, -0.15) is 4.98 Å². The lowest BCUT2D eigenvalue weighted by atomic mass is 9.95.